The van der Waals surface area contributed by atoms with Gasteiger partial charge in [0.1, 0.15) is 5.75 Å². The molecule has 1 aromatic carbocycles. The lowest BCUT2D eigenvalue weighted by atomic mass is 10.1. The van der Waals surface area contributed by atoms with E-state index in [0.29, 0.717) is 0 Å². The quantitative estimate of drug-likeness (QED) is 0.253. The molecule has 1 aromatic rings. The number of halogens is 2. The summed E-state index contributed by atoms with van der Waals surface area (Å²) in [5.41, 5.74) is 1.15. The summed E-state index contributed by atoms with van der Waals surface area (Å²) < 4.78 is 6.75. The Morgan fingerprint density at radius 3 is 1.79 bits per heavy atom. The van der Waals surface area contributed by atoms with Gasteiger partial charge in [-0.2, -0.15) is 0 Å². The van der Waals surface area contributed by atoms with E-state index in [0.717, 1.165) is 27.7 Å². The van der Waals surface area contributed by atoms with Crippen LogP contribution < -0.4 is 4.74 Å². The van der Waals surface area contributed by atoms with E-state index < -0.39 is 0 Å². The summed E-state index contributed by atoms with van der Waals surface area (Å²) in [6.45, 7) is 3.11. The van der Waals surface area contributed by atoms with Gasteiger partial charge < -0.3 is 4.74 Å². The van der Waals surface area contributed by atoms with Crippen molar-refractivity contribution in [1.29, 1.82) is 0 Å². The van der Waals surface area contributed by atoms with E-state index in [-0.39, 0.29) is 0 Å². The predicted octanol–water partition coefficient (Wildman–Crippen LogP) is 8.46. The molecule has 0 bridgehead atoms. The average Bonchev–Trinajstić information content (AvgIpc) is 2.57. The summed E-state index contributed by atoms with van der Waals surface area (Å²) in [6.07, 6.45) is 17.1. The van der Waals surface area contributed by atoms with Gasteiger partial charge in [-0.25, -0.2) is 0 Å². The van der Waals surface area contributed by atoms with E-state index in [1.807, 2.05) is 18.2 Å². The Morgan fingerprint density at radius 1 is 0.792 bits per heavy atom. The van der Waals surface area contributed by atoms with Crippen molar-refractivity contribution in [2.24, 2.45) is 0 Å². The van der Waals surface area contributed by atoms with Gasteiger partial charge in [0.25, 0.3) is 0 Å². The number of benzene rings is 1. The van der Waals surface area contributed by atoms with Gasteiger partial charge in [0, 0.05) is 0 Å². The highest BCUT2D eigenvalue weighted by atomic mass is 79.9. The zero-order valence-corrected chi connectivity index (χ0v) is 18.2. The molecule has 0 aliphatic carbocycles. The van der Waals surface area contributed by atoms with Crippen molar-refractivity contribution < 1.29 is 4.74 Å². The molecule has 0 fully saturated rings. The molecule has 1 rings (SSSR count). The molecule has 0 atom stereocenters. The first-order valence-corrected chi connectivity index (χ1v) is 11.1. The molecule has 0 N–H and O–H groups in total. The van der Waals surface area contributed by atoms with Crippen molar-refractivity contribution in [3.63, 3.8) is 0 Å². The first-order valence-electron chi connectivity index (χ1n) is 9.48. The molecule has 0 unspecified atom stereocenters. The van der Waals surface area contributed by atoms with Crippen LogP contribution >= 0.6 is 31.9 Å². The van der Waals surface area contributed by atoms with Crippen molar-refractivity contribution in [1.82, 2.24) is 0 Å². The van der Waals surface area contributed by atoms with Gasteiger partial charge in [-0.1, -0.05) is 83.3 Å². The van der Waals surface area contributed by atoms with Crippen LogP contribution in [-0.2, 0) is 0 Å². The minimum atomic E-state index is 0.828. The van der Waals surface area contributed by atoms with E-state index in [2.05, 4.69) is 50.9 Å². The molecule has 0 radical (unpaired) electrons. The van der Waals surface area contributed by atoms with Gasteiger partial charge >= 0.3 is 0 Å². The van der Waals surface area contributed by atoms with Crippen LogP contribution in [0.5, 0.6) is 5.75 Å². The standard InChI is InChI=1S/C21H32Br2O/c1-2-3-4-5-6-7-8-9-10-11-12-17-24-20-15-13-19(14-16-20)18-21(22)23/h13-16,18H,2-12,17H2,1H3. The largest absolute Gasteiger partial charge is 0.494 e. The van der Waals surface area contributed by atoms with Crippen molar-refractivity contribution >= 4 is 37.9 Å². The maximum absolute atomic E-state index is 5.80. The van der Waals surface area contributed by atoms with Crippen LogP contribution in [0.25, 0.3) is 6.08 Å². The Balaban J connectivity index is 1.94. The van der Waals surface area contributed by atoms with E-state index in [9.17, 15) is 0 Å². The smallest absolute Gasteiger partial charge is 0.119 e. The molecular formula is C21H32Br2O. The monoisotopic (exact) mass is 458 g/mol. The summed E-state index contributed by atoms with van der Waals surface area (Å²) in [7, 11) is 0. The summed E-state index contributed by atoms with van der Waals surface area (Å²) in [5, 5.41) is 0. The Labute approximate surface area is 165 Å². The summed E-state index contributed by atoms with van der Waals surface area (Å²) >= 11 is 6.74. The number of hydrogen-bond donors (Lipinski definition) is 0. The van der Waals surface area contributed by atoms with Gasteiger partial charge in [0.15, 0.2) is 0 Å². The topological polar surface area (TPSA) is 9.23 Å². The molecule has 3 heteroatoms. The molecule has 24 heavy (non-hydrogen) atoms. The number of rotatable bonds is 14. The molecule has 0 heterocycles. The maximum atomic E-state index is 5.80. The molecule has 0 aromatic heterocycles. The molecule has 0 saturated carbocycles. The van der Waals surface area contributed by atoms with E-state index in [1.54, 1.807) is 0 Å². The Kier molecular flexibility index (Phi) is 13.6. The molecule has 0 spiro atoms. The van der Waals surface area contributed by atoms with Gasteiger partial charge in [-0.05, 0) is 62.1 Å². The highest BCUT2D eigenvalue weighted by Crippen LogP contribution is 2.20. The minimum absolute atomic E-state index is 0.828. The molecule has 0 aliphatic heterocycles. The van der Waals surface area contributed by atoms with Crippen LogP contribution in [0.15, 0.2) is 27.7 Å². The Bertz CT molecular complexity index is 436. The normalized spacial score (nSPS) is 10.6. The van der Waals surface area contributed by atoms with Gasteiger partial charge in [0.2, 0.25) is 0 Å². The summed E-state index contributed by atoms with van der Waals surface area (Å²) in [4.78, 5) is 0. The maximum Gasteiger partial charge on any atom is 0.119 e. The molecule has 0 amide bonds. The highest BCUT2D eigenvalue weighted by Gasteiger charge is 1.96. The van der Waals surface area contributed by atoms with Crippen molar-refractivity contribution in [3.8, 4) is 5.75 Å². The Hall–Kier alpha value is -0.280. The van der Waals surface area contributed by atoms with E-state index in [1.165, 1.54) is 64.2 Å². The van der Waals surface area contributed by atoms with Crippen LogP contribution in [0, 0.1) is 0 Å². The second-order valence-electron chi connectivity index (χ2n) is 6.39. The molecule has 1 nitrogen and oxygen atoms in total. The van der Waals surface area contributed by atoms with Gasteiger partial charge in [0.05, 0.1) is 10.00 Å². The third kappa shape index (κ3) is 12.1. The van der Waals surface area contributed by atoms with Crippen molar-refractivity contribution in [2.75, 3.05) is 6.61 Å². The van der Waals surface area contributed by atoms with Crippen LogP contribution in [0.4, 0.5) is 0 Å². The fraction of sp³-hybridized carbons (Fsp3) is 0.619. The molecular weight excluding hydrogens is 428 g/mol. The number of unbranched alkanes of at least 4 members (excludes halogenated alkanes) is 10. The lowest BCUT2D eigenvalue weighted by molar-refractivity contribution is 0.304. The first kappa shape index (κ1) is 21.8. The lowest BCUT2D eigenvalue weighted by Gasteiger charge is -2.06. The second-order valence-corrected chi connectivity index (χ2v) is 9.16. The van der Waals surface area contributed by atoms with Crippen LogP contribution in [0.2, 0.25) is 0 Å². The predicted molar refractivity (Wildman–Crippen MR) is 114 cm³/mol. The molecule has 0 saturated heterocycles. The van der Waals surface area contributed by atoms with E-state index >= 15 is 0 Å². The second kappa shape index (κ2) is 15.0. The third-order valence-corrected chi connectivity index (χ3v) is 4.63. The first-order chi connectivity index (χ1) is 11.7. The number of ether oxygens (including phenoxy) is 1. The van der Waals surface area contributed by atoms with Crippen molar-refractivity contribution in [3.05, 3.63) is 33.2 Å². The highest BCUT2D eigenvalue weighted by molar-refractivity contribution is 9.28. The van der Waals surface area contributed by atoms with Crippen molar-refractivity contribution in [2.45, 2.75) is 77.6 Å². The van der Waals surface area contributed by atoms with Gasteiger partial charge in [-0.3, -0.25) is 0 Å². The Morgan fingerprint density at radius 2 is 1.29 bits per heavy atom. The van der Waals surface area contributed by atoms with Crippen LogP contribution in [0.3, 0.4) is 0 Å². The minimum Gasteiger partial charge on any atom is -0.494 e. The third-order valence-electron chi connectivity index (χ3n) is 4.17. The van der Waals surface area contributed by atoms with Gasteiger partial charge in [-0.15, -0.1) is 0 Å². The summed E-state index contributed by atoms with van der Waals surface area (Å²) in [5.74, 6) is 0.963. The SMILES string of the molecule is CCCCCCCCCCCCCOc1ccc(C=C(Br)Br)cc1. The lowest BCUT2D eigenvalue weighted by Crippen LogP contribution is -1.97. The molecule has 0 aliphatic rings. The fourth-order valence-corrected chi connectivity index (χ4v) is 3.27. The average molecular weight is 460 g/mol. The van der Waals surface area contributed by atoms with E-state index in [4.69, 9.17) is 4.74 Å². The zero-order valence-electron chi connectivity index (χ0n) is 15.0. The summed E-state index contributed by atoms with van der Waals surface area (Å²) in [6, 6.07) is 8.21. The molecule has 136 valence electrons. The van der Waals surface area contributed by atoms with Crippen LogP contribution in [0.1, 0.15) is 83.1 Å². The number of hydrogen-bond acceptors (Lipinski definition) is 1. The zero-order chi connectivity index (χ0) is 17.5. The van der Waals surface area contributed by atoms with Crippen LogP contribution in [-0.4, -0.2) is 6.61 Å². The fourth-order valence-electron chi connectivity index (χ4n) is 2.74.